The molecular formula is C21H17N3O3S. The number of H-pyrrole nitrogens is 1. The summed E-state index contributed by atoms with van der Waals surface area (Å²) < 4.78 is 0. The van der Waals surface area contributed by atoms with E-state index in [1.54, 1.807) is 30.3 Å². The lowest BCUT2D eigenvalue weighted by Crippen LogP contribution is -2.25. The van der Waals surface area contributed by atoms with Crippen LogP contribution in [0.5, 0.6) is 0 Å². The van der Waals surface area contributed by atoms with Crippen molar-refractivity contribution in [3.8, 4) is 0 Å². The van der Waals surface area contributed by atoms with Crippen molar-refractivity contribution in [2.45, 2.75) is 6.42 Å². The van der Waals surface area contributed by atoms with Gasteiger partial charge >= 0.3 is 0 Å². The van der Waals surface area contributed by atoms with Crippen molar-refractivity contribution in [1.82, 2.24) is 15.6 Å². The van der Waals surface area contributed by atoms with Gasteiger partial charge in [-0.05, 0) is 53.6 Å². The number of benzene rings is 2. The van der Waals surface area contributed by atoms with E-state index in [1.165, 1.54) is 10.9 Å². The zero-order chi connectivity index (χ0) is 19.5. The van der Waals surface area contributed by atoms with Crippen LogP contribution in [0.25, 0.3) is 17.0 Å². The minimum atomic E-state index is -0.394. The van der Waals surface area contributed by atoms with Gasteiger partial charge in [-0.15, -0.1) is 0 Å². The fraction of sp³-hybridized carbons (Fsp3) is 0.0952. The molecule has 0 atom stereocenters. The molecule has 1 aromatic heterocycles. The van der Waals surface area contributed by atoms with Gasteiger partial charge in [-0.25, -0.2) is 0 Å². The Kier molecular flexibility index (Phi) is 4.99. The average Bonchev–Trinajstić information content (AvgIpc) is 3.25. The maximum absolute atomic E-state index is 12.3. The maximum Gasteiger partial charge on any atom is 0.290 e. The highest BCUT2D eigenvalue weighted by Crippen LogP contribution is 2.25. The Hall–Kier alpha value is -3.32. The highest BCUT2D eigenvalue weighted by Gasteiger charge is 2.24. The first-order valence-electron chi connectivity index (χ1n) is 8.78. The zero-order valence-electron chi connectivity index (χ0n) is 14.8. The minimum Gasteiger partial charge on any atom is -0.361 e. The van der Waals surface area contributed by atoms with Crippen LogP contribution < -0.4 is 10.6 Å². The number of hydrogen-bond acceptors (Lipinski definition) is 4. The Morgan fingerprint density at radius 3 is 2.61 bits per heavy atom. The molecule has 3 aromatic rings. The van der Waals surface area contributed by atoms with Gasteiger partial charge in [0.2, 0.25) is 0 Å². The molecule has 0 bridgehead atoms. The number of fused-ring (bicyclic) bond motifs is 1. The lowest BCUT2D eigenvalue weighted by atomic mass is 10.1. The van der Waals surface area contributed by atoms with Crippen molar-refractivity contribution in [3.05, 3.63) is 76.3 Å². The molecule has 6 nitrogen and oxygen atoms in total. The standard InChI is InChI=1S/C21H17N3O3S/c25-19(22-10-9-15-12-23-17-4-2-1-3-16(15)17)14-7-5-13(6-8-14)11-18-20(26)24-21(27)28-18/h1-8,11-12,23H,9-10H2,(H,22,25)(H,24,26,27). The Bertz CT molecular complexity index is 1100. The number of carbonyl (C=O) groups excluding carboxylic acids is 3. The third-order valence-electron chi connectivity index (χ3n) is 4.47. The van der Waals surface area contributed by atoms with Gasteiger partial charge in [0.15, 0.2) is 0 Å². The molecule has 0 spiro atoms. The van der Waals surface area contributed by atoms with E-state index in [4.69, 9.17) is 0 Å². The van der Waals surface area contributed by atoms with E-state index in [-0.39, 0.29) is 11.1 Å². The van der Waals surface area contributed by atoms with Gasteiger partial charge in [0.1, 0.15) is 0 Å². The number of amides is 3. The summed E-state index contributed by atoms with van der Waals surface area (Å²) in [7, 11) is 0. The second-order valence-corrected chi connectivity index (χ2v) is 7.35. The molecule has 7 heteroatoms. The van der Waals surface area contributed by atoms with Crippen LogP contribution in [0.2, 0.25) is 0 Å². The average molecular weight is 391 g/mol. The second-order valence-electron chi connectivity index (χ2n) is 6.34. The van der Waals surface area contributed by atoms with E-state index in [2.05, 4.69) is 21.7 Å². The monoisotopic (exact) mass is 391 g/mol. The van der Waals surface area contributed by atoms with Gasteiger partial charge in [-0.3, -0.25) is 19.7 Å². The number of imide groups is 1. The molecule has 2 heterocycles. The van der Waals surface area contributed by atoms with E-state index in [0.29, 0.717) is 17.0 Å². The van der Waals surface area contributed by atoms with E-state index in [1.807, 2.05) is 24.4 Å². The van der Waals surface area contributed by atoms with E-state index >= 15 is 0 Å². The molecule has 0 unspecified atom stereocenters. The normalized spacial score (nSPS) is 15.2. The van der Waals surface area contributed by atoms with Crippen molar-refractivity contribution in [1.29, 1.82) is 0 Å². The molecule has 1 aliphatic rings. The quantitative estimate of drug-likeness (QED) is 0.581. The molecule has 0 radical (unpaired) electrons. The highest BCUT2D eigenvalue weighted by atomic mass is 32.2. The van der Waals surface area contributed by atoms with Crippen LogP contribution in [0.4, 0.5) is 4.79 Å². The predicted octanol–water partition coefficient (Wildman–Crippen LogP) is 3.46. The van der Waals surface area contributed by atoms with Crippen molar-refractivity contribution >= 4 is 45.8 Å². The van der Waals surface area contributed by atoms with Crippen LogP contribution in [-0.2, 0) is 11.2 Å². The summed E-state index contributed by atoms with van der Waals surface area (Å²) in [6.45, 7) is 0.533. The van der Waals surface area contributed by atoms with Crippen molar-refractivity contribution < 1.29 is 14.4 Å². The van der Waals surface area contributed by atoms with Gasteiger partial charge in [0.25, 0.3) is 17.1 Å². The number of carbonyl (C=O) groups is 3. The van der Waals surface area contributed by atoms with Crippen LogP contribution in [0.3, 0.4) is 0 Å². The van der Waals surface area contributed by atoms with Gasteiger partial charge < -0.3 is 10.3 Å². The van der Waals surface area contributed by atoms with Gasteiger partial charge in [-0.1, -0.05) is 30.3 Å². The number of rotatable bonds is 5. The number of aromatic amines is 1. The topological polar surface area (TPSA) is 91.1 Å². The SMILES string of the molecule is O=C1NC(=O)C(=Cc2ccc(C(=O)NCCc3c[nH]c4ccccc34)cc2)S1. The van der Waals surface area contributed by atoms with Crippen LogP contribution in [0.15, 0.2) is 59.6 Å². The van der Waals surface area contributed by atoms with E-state index in [0.717, 1.165) is 29.3 Å². The van der Waals surface area contributed by atoms with Crippen molar-refractivity contribution in [2.24, 2.45) is 0 Å². The Labute approximate surface area is 165 Å². The lowest BCUT2D eigenvalue weighted by molar-refractivity contribution is -0.115. The second kappa shape index (κ2) is 7.74. The molecule has 1 aliphatic heterocycles. The molecule has 2 aromatic carbocycles. The van der Waals surface area contributed by atoms with Gasteiger partial charge in [-0.2, -0.15) is 0 Å². The molecule has 1 fully saturated rings. The number of thioether (sulfide) groups is 1. The molecule has 4 rings (SSSR count). The summed E-state index contributed by atoms with van der Waals surface area (Å²) in [4.78, 5) is 38.7. The largest absolute Gasteiger partial charge is 0.361 e. The van der Waals surface area contributed by atoms with E-state index < -0.39 is 5.91 Å². The zero-order valence-corrected chi connectivity index (χ0v) is 15.6. The molecule has 1 saturated heterocycles. The van der Waals surface area contributed by atoms with Gasteiger partial charge in [0, 0.05) is 29.2 Å². The Balaban J connectivity index is 1.35. The van der Waals surface area contributed by atoms with Crippen LogP contribution >= 0.6 is 11.8 Å². The fourth-order valence-corrected chi connectivity index (χ4v) is 3.74. The third kappa shape index (κ3) is 3.84. The smallest absolute Gasteiger partial charge is 0.290 e. The van der Waals surface area contributed by atoms with Crippen molar-refractivity contribution in [3.63, 3.8) is 0 Å². The molecular weight excluding hydrogens is 374 g/mol. The molecule has 28 heavy (non-hydrogen) atoms. The maximum atomic E-state index is 12.3. The van der Waals surface area contributed by atoms with Crippen LogP contribution in [0, 0.1) is 0 Å². The Morgan fingerprint density at radius 1 is 1.07 bits per heavy atom. The van der Waals surface area contributed by atoms with Crippen molar-refractivity contribution in [2.75, 3.05) is 6.54 Å². The van der Waals surface area contributed by atoms with Crippen LogP contribution in [0.1, 0.15) is 21.5 Å². The fourth-order valence-electron chi connectivity index (χ4n) is 3.05. The van der Waals surface area contributed by atoms with E-state index in [9.17, 15) is 14.4 Å². The Morgan fingerprint density at radius 2 is 1.86 bits per heavy atom. The minimum absolute atomic E-state index is 0.151. The molecule has 140 valence electrons. The van der Waals surface area contributed by atoms with Gasteiger partial charge in [0.05, 0.1) is 4.91 Å². The number of para-hydroxylation sites is 1. The number of hydrogen-bond donors (Lipinski definition) is 3. The summed E-state index contributed by atoms with van der Waals surface area (Å²) in [5.41, 5.74) is 3.55. The summed E-state index contributed by atoms with van der Waals surface area (Å²) in [5, 5.41) is 5.93. The molecule has 0 aliphatic carbocycles. The summed E-state index contributed by atoms with van der Waals surface area (Å²) in [6.07, 6.45) is 4.34. The first-order valence-corrected chi connectivity index (χ1v) is 9.60. The number of nitrogens with one attached hydrogen (secondary N) is 3. The summed E-state index contributed by atoms with van der Waals surface area (Å²) in [6, 6.07) is 15.0. The summed E-state index contributed by atoms with van der Waals surface area (Å²) >= 11 is 0.869. The number of aromatic nitrogens is 1. The first kappa shape index (κ1) is 18.1. The third-order valence-corrected chi connectivity index (χ3v) is 5.28. The molecule has 3 amide bonds. The van der Waals surface area contributed by atoms with Crippen LogP contribution in [-0.4, -0.2) is 28.6 Å². The first-order chi connectivity index (χ1) is 13.6. The lowest BCUT2D eigenvalue weighted by Gasteiger charge is -2.05. The highest BCUT2D eigenvalue weighted by molar-refractivity contribution is 8.18. The summed E-state index contributed by atoms with van der Waals surface area (Å²) in [5.74, 6) is -0.545. The molecule has 0 saturated carbocycles. The predicted molar refractivity (Wildman–Crippen MR) is 110 cm³/mol. The molecule has 3 N–H and O–H groups in total.